The molecular weight excluding hydrogens is 957 g/mol. The van der Waals surface area contributed by atoms with Crippen molar-refractivity contribution < 1.29 is 13.2 Å². The Morgan fingerprint density at radius 3 is 1.68 bits per heavy atom. The minimum atomic E-state index is -0.640. The van der Waals surface area contributed by atoms with E-state index in [-0.39, 0.29) is 5.41 Å². The Balaban J connectivity index is 0.859. The van der Waals surface area contributed by atoms with Gasteiger partial charge in [-0.05, 0) is 149 Å². The van der Waals surface area contributed by atoms with Gasteiger partial charge in [0.05, 0.1) is 11.4 Å². The Bertz CT molecular complexity index is 4340. The number of hydrogen-bond acceptors (Lipinski definition) is 5. The molecule has 364 valence electrons. The molecule has 0 fully saturated rings. The van der Waals surface area contributed by atoms with Crippen LogP contribution in [0.2, 0.25) is 0 Å². The van der Waals surface area contributed by atoms with E-state index in [2.05, 4.69) is 218 Å². The molecule has 4 nitrogen and oxygen atoms in total. The largest absolute Gasteiger partial charge is 0.454 e. The first-order valence-electron chi connectivity index (χ1n) is 25.5. The lowest BCUT2D eigenvalue weighted by molar-refractivity contribution is 0.584. The predicted octanol–water partition coefficient (Wildman–Crippen LogP) is 20.6. The van der Waals surface area contributed by atoms with Gasteiger partial charge in [0.15, 0.2) is 5.58 Å². The molecule has 0 radical (unpaired) electrons. The first-order valence-corrected chi connectivity index (χ1v) is 26.3. The van der Waals surface area contributed by atoms with E-state index >= 15 is 8.78 Å². The maximum atomic E-state index is 15.1. The smallest absolute Gasteiger partial charge is 0.159 e. The normalized spacial score (nSPS) is 12.6. The molecular formula is C69H47F2N3OS. The van der Waals surface area contributed by atoms with Gasteiger partial charge in [-0.15, -0.1) is 11.3 Å². The van der Waals surface area contributed by atoms with Crippen LogP contribution in [-0.2, 0) is 5.41 Å². The van der Waals surface area contributed by atoms with Gasteiger partial charge in [-0.3, -0.25) is 0 Å². The lowest BCUT2D eigenvalue weighted by Crippen LogP contribution is -2.15. The van der Waals surface area contributed by atoms with Crippen LogP contribution in [0.15, 0.2) is 253 Å². The van der Waals surface area contributed by atoms with Crippen molar-refractivity contribution in [3.63, 3.8) is 0 Å². The van der Waals surface area contributed by atoms with Crippen molar-refractivity contribution in [3.05, 3.63) is 271 Å². The van der Waals surface area contributed by atoms with Crippen molar-refractivity contribution in [1.82, 2.24) is 0 Å². The second-order valence-corrected chi connectivity index (χ2v) is 21.1. The van der Waals surface area contributed by atoms with E-state index in [1.807, 2.05) is 41.3 Å². The first kappa shape index (κ1) is 45.3. The number of furan rings is 1. The number of para-hydroxylation sites is 3. The third-order valence-corrected chi connectivity index (χ3v) is 16.3. The number of rotatable bonds is 10. The summed E-state index contributed by atoms with van der Waals surface area (Å²) in [7, 11) is 0. The molecule has 0 saturated carbocycles. The van der Waals surface area contributed by atoms with E-state index in [1.54, 1.807) is 11.3 Å². The molecule has 0 N–H and O–H groups in total. The Labute approximate surface area is 443 Å². The number of thiophene rings is 1. The van der Waals surface area contributed by atoms with Crippen LogP contribution < -0.4 is 14.7 Å². The molecule has 14 rings (SSSR count). The zero-order valence-electron chi connectivity index (χ0n) is 41.6. The van der Waals surface area contributed by atoms with Crippen molar-refractivity contribution >= 4 is 105 Å². The summed E-state index contributed by atoms with van der Waals surface area (Å²) in [6.45, 7) is 4.49. The third-order valence-electron chi connectivity index (χ3n) is 15.1. The van der Waals surface area contributed by atoms with Gasteiger partial charge >= 0.3 is 0 Å². The summed E-state index contributed by atoms with van der Waals surface area (Å²) in [6, 6.07) is 84.5. The second-order valence-electron chi connectivity index (χ2n) is 20.0. The Kier molecular flexibility index (Phi) is 10.7. The summed E-state index contributed by atoms with van der Waals surface area (Å²) in [5.41, 5.74) is 16.5. The highest BCUT2D eigenvalue weighted by Crippen LogP contribution is 2.52. The summed E-state index contributed by atoms with van der Waals surface area (Å²) >= 11 is 1.78. The maximum absolute atomic E-state index is 15.1. The Morgan fingerprint density at radius 1 is 0.355 bits per heavy atom. The van der Waals surface area contributed by atoms with Crippen LogP contribution in [0.1, 0.15) is 25.0 Å². The topological polar surface area (TPSA) is 22.9 Å². The average molecular weight is 1000 g/mol. The first-order chi connectivity index (χ1) is 37.2. The van der Waals surface area contributed by atoms with Crippen LogP contribution in [0, 0.1) is 11.6 Å². The fourth-order valence-corrected chi connectivity index (χ4v) is 12.7. The molecule has 1 aliphatic rings. The highest BCUT2D eigenvalue weighted by molar-refractivity contribution is 7.25. The van der Waals surface area contributed by atoms with Crippen molar-refractivity contribution in [2.24, 2.45) is 0 Å². The van der Waals surface area contributed by atoms with Crippen molar-refractivity contribution in [3.8, 4) is 22.3 Å². The molecule has 2 aromatic heterocycles. The molecule has 0 atom stereocenters. The number of benzene rings is 11. The number of hydrogen-bond donors (Lipinski definition) is 0. The number of anilines is 9. The van der Waals surface area contributed by atoms with Crippen molar-refractivity contribution in [2.45, 2.75) is 19.3 Å². The molecule has 0 saturated heterocycles. The number of fused-ring (bicyclic) bond motifs is 9. The van der Waals surface area contributed by atoms with Gasteiger partial charge in [0, 0.05) is 82.2 Å². The molecule has 0 spiro atoms. The molecule has 0 unspecified atom stereocenters. The standard InChI is InChI=1S/C69H47F2N3OS/c1-69(2)62-21-11-9-18-56(62)60-41-52(33-36-63(60)69)73(55-39-46(70)38-47(71)40-55)50-30-28-49(29-31-50)72(48-16-7-4-8-17-48)53-34-37-66-61(42-53)58-35-32-54(43-67(58)76-66)74(51-26-24-45(25-27-51)44-14-5-3-6-15-44)64-22-13-20-59-57-19-10-12-23-65(57)75-68(59)64/h3-43H,1-2H3. The van der Waals surface area contributed by atoms with Crippen molar-refractivity contribution in [1.29, 1.82) is 0 Å². The van der Waals surface area contributed by atoms with Crippen LogP contribution >= 0.6 is 11.3 Å². The highest BCUT2D eigenvalue weighted by Gasteiger charge is 2.36. The Morgan fingerprint density at radius 2 is 0.908 bits per heavy atom. The van der Waals surface area contributed by atoms with E-state index in [0.717, 1.165) is 100 Å². The van der Waals surface area contributed by atoms with Crippen LogP contribution in [0.5, 0.6) is 0 Å². The van der Waals surface area contributed by atoms with E-state index in [9.17, 15) is 0 Å². The molecule has 11 aromatic carbocycles. The summed E-state index contributed by atoms with van der Waals surface area (Å²) < 4.78 is 39.3. The molecule has 13 aromatic rings. The van der Waals surface area contributed by atoms with E-state index in [1.165, 1.54) is 39.1 Å². The van der Waals surface area contributed by atoms with Gasteiger partial charge in [-0.25, -0.2) is 8.78 Å². The van der Waals surface area contributed by atoms with Gasteiger partial charge in [0.25, 0.3) is 0 Å². The SMILES string of the molecule is CC1(C)c2ccccc2-c2cc(N(c3ccc(N(c4ccccc4)c4ccc5sc6cc(N(c7ccc(-c8ccccc8)cc7)c7cccc8c7oc7ccccc78)ccc6c5c4)cc3)c3cc(F)cc(F)c3)ccc21. The molecule has 0 bridgehead atoms. The molecule has 7 heteroatoms. The summed E-state index contributed by atoms with van der Waals surface area (Å²) in [5.74, 6) is -1.28. The van der Waals surface area contributed by atoms with Gasteiger partial charge in [-0.1, -0.05) is 141 Å². The highest BCUT2D eigenvalue weighted by atomic mass is 32.1. The third kappa shape index (κ3) is 7.61. The summed E-state index contributed by atoms with van der Waals surface area (Å²) in [6.07, 6.45) is 0. The zero-order valence-corrected chi connectivity index (χ0v) is 42.4. The van der Waals surface area contributed by atoms with Crippen molar-refractivity contribution in [2.75, 3.05) is 14.7 Å². The van der Waals surface area contributed by atoms with E-state index in [0.29, 0.717) is 5.69 Å². The van der Waals surface area contributed by atoms with Gasteiger partial charge in [-0.2, -0.15) is 0 Å². The van der Waals surface area contributed by atoms with Gasteiger partial charge in [0.2, 0.25) is 0 Å². The van der Waals surface area contributed by atoms with E-state index < -0.39 is 11.6 Å². The lowest BCUT2D eigenvalue weighted by atomic mass is 9.82. The van der Waals surface area contributed by atoms with Gasteiger partial charge < -0.3 is 19.1 Å². The maximum Gasteiger partial charge on any atom is 0.159 e. The zero-order chi connectivity index (χ0) is 51.1. The van der Waals surface area contributed by atoms with Gasteiger partial charge in [0.1, 0.15) is 17.2 Å². The number of nitrogens with zero attached hydrogens (tertiary/aromatic N) is 3. The molecule has 1 aliphatic carbocycles. The average Bonchev–Trinajstić information content (AvgIpc) is 4.11. The van der Waals surface area contributed by atoms with Crippen LogP contribution in [0.3, 0.4) is 0 Å². The predicted molar refractivity (Wildman–Crippen MR) is 314 cm³/mol. The number of halogens is 2. The summed E-state index contributed by atoms with van der Waals surface area (Å²) in [5, 5.41) is 4.47. The van der Waals surface area contributed by atoms with Crippen LogP contribution in [0.4, 0.5) is 60.0 Å². The van der Waals surface area contributed by atoms with E-state index in [4.69, 9.17) is 4.42 Å². The Hall–Kier alpha value is -9.30. The summed E-state index contributed by atoms with van der Waals surface area (Å²) in [4.78, 5) is 6.51. The van der Waals surface area contributed by atoms with Crippen LogP contribution in [0.25, 0.3) is 64.4 Å². The van der Waals surface area contributed by atoms with Crippen LogP contribution in [-0.4, -0.2) is 0 Å². The molecule has 2 heterocycles. The fourth-order valence-electron chi connectivity index (χ4n) is 11.5. The second kappa shape index (κ2) is 18.0. The minimum Gasteiger partial charge on any atom is -0.454 e. The molecule has 76 heavy (non-hydrogen) atoms. The lowest BCUT2D eigenvalue weighted by Gasteiger charge is -2.29. The monoisotopic (exact) mass is 1000 g/mol. The minimum absolute atomic E-state index is 0.186. The molecule has 0 amide bonds. The quantitative estimate of drug-likeness (QED) is 0.136. The molecule has 0 aliphatic heterocycles. The fraction of sp³-hybridized carbons (Fsp3) is 0.0435.